The Morgan fingerprint density at radius 1 is 0.326 bits per heavy atom. The highest BCUT2D eigenvalue weighted by Gasteiger charge is 2.16. The Balaban J connectivity index is 1.22. The summed E-state index contributed by atoms with van der Waals surface area (Å²) in [6.45, 7) is 0. The van der Waals surface area contributed by atoms with E-state index in [1.165, 1.54) is 69.4 Å². The summed E-state index contributed by atoms with van der Waals surface area (Å²) in [6, 6.07) is 59.1. The van der Waals surface area contributed by atoms with Crippen LogP contribution in [0.3, 0.4) is 0 Å². The molecule has 0 radical (unpaired) electrons. The van der Waals surface area contributed by atoms with Crippen LogP contribution in [0.2, 0.25) is 0 Å². The number of rotatable bonds is 5. The summed E-state index contributed by atoms with van der Waals surface area (Å²) in [4.78, 5) is 5.31. The summed E-state index contributed by atoms with van der Waals surface area (Å²) in [5.41, 5.74) is 11.8. The van der Waals surface area contributed by atoms with E-state index in [0.717, 1.165) is 16.1 Å². The van der Waals surface area contributed by atoms with E-state index in [1.807, 2.05) is 11.3 Å². The second-order valence-corrected chi connectivity index (χ2v) is 13.7. The molecular formula is C43H27NS2. The molecule has 3 heteroatoms. The summed E-state index contributed by atoms with van der Waals surface area (Å²) in [5.74, 6) is 0. The van der Waals surface area contributed by atoms with Crippen molar-refractivity contribution >= 4 is 53.1 Å². The number of thiazole rings is 1. The van der Waals surface area contributed by atoms with E-state index in [2.05, 4.69) is 164 Å². The second kappa shape index (κ2) is 11.2. The number of benzene rings is 7. The molecule has 7 aromatic carbocycles. The maximum Gasteiger partial charge on any atom is 0.124 e. The number of hydrogen-bond acceptors (Lipinski definition) is 3. The summed E-state index contributed by atoms with van der Waals surface area (Å²) in [5, 5.41) is 3.65. The van der Waals surface area contributed by atoms with Crippen molar-refractivity contribution in [1.29, 1.82) is 0 Å². The number of aromatic nitrogens is 1. The first-order valence-electron chi connectivity index (χ1n) is 15.4. The first kappa shape index (κ1) is 27.0. The molecule has 2 heterocycles. The summed E-state index contributed by atoms with van der Waals surface area (Å²) >= 11 is 3.63. The lowest BCUT2D eigenvalue weighted by Crippen LogP contribution is -1.86. The Bertz CT molecular complexity index is 2510. The molecule has 0 fully saturated rings. The van der Waals surface area contributed by atoms with Crippen LogP contribution in [0.5, 0.6) is 0 Å². The van der Waals surface area contributed by atoms with Crippen LogP contribution in [0.4, 0.5) is 0 Å². The van der Waals surface area contributed by atoms with Crippen molar-refractivity contribution in [3.8, 4) is 55.1 Å². The Labute approximate surface area is 275 Å². The van der Waals surface area contributed by atoms with Gasteiger partial charge in [0.1, 0.15) is 5.01 Å². The molecule has 0 N–H and O–H groups in total. The lowest BCUT2D eigenvalue weighted by atomic mass is 9.95. The van der Waals surface area contributed by atoms with Crippen molar-refractivity contribution in [2.75, 3.05) is 0 Å². The van der Waals surface area contributed by atoms with E-state index in [1.54, 1.807) is 11.3 Å². The molecule has 9 rings (SSSR count). The van der Waals surface area contributed by atoms with E-state index >= 15 is 0 Å². The van der Waals surface area contributed by atoms with Crippen LogP contribution in [-0.4, -0.2) is 4.98 Å². The van der Waals surface area contributed by atoms with Crippen LogP contribution in [0.25, 0.3) is 85.5 Å². The predicted molar refractivity (Wildman–Crippen MR) is 200 cm³/mol. The Morgan fingerprint density at radius 3 is 1.70 bits per heavy atom. The third-order valence-corrected chi connectivity index (χ3v) is 10.9. The molecule has 1 nitrogen and oxygen atoms in total. The van der Waals surface area contributed by atoms with Gasteiger partial charge in [-0.1, -0.05) is 127 Å². The molecule has 0 aliphatic heterocycles. The molecule has 2 aromatic heterocycles. The number of nitrogens with zero attached hydrogens (tertiary/aromatic N) is 1. The minimum Gasteiger partial charge on any atom is -0.235 e. The van der Waals surface area contributed by atoms with Crippen LogP contribution in [-0.2, 0) is 0 Å². The molecule has 216 valence electrons. The topological polar surface area (TPSA) is 12.9 Å². The molecule has 0 aliphatic rings. The minimum absolute atomic E-state index is 1.04. The van der Waals surface area contributed by atoms with Gasteiger partial charge < -0.3 is 0 Å². The monoisotopic (exact) mass is 621 g/mol. The fraction of sp³-hybridized carbons (Fsp3) is 0. The van der Waals surface area contributed by atoms with Crippen LogP contribution in [0.15, 0.2) is 164 Å². The summed E-state index contributed by atoms with van der Waals surface area (Å²) < 4.78 is 3.82. The molecule has 0 unspecified atom stereocenters. The van der Waals surface area contributed by atoms with Gasteiger partial charge in [0.15, 0.2) is 0 Å². The molecule has 0 saturated carbocycles. The van der Waals surface area contributed by atoms with Gasteiger partial charge in [-0.15, -0.1) is 22.7 Å². The van der Waals surface area contributed by atoms with E-state index in [0.29, 0.717) is 0 Å². The van der Waals surface area contributed by atoms with Crippen LogP contribution in [0, 0.1) is 0 Å². The standard InChI is InChI=1S/C43H27NS2/c1-3-10-28(11-4-1)30-18-20-31(21-19-30)43-44-42-37(34-22-23-40-38(25-34)36-16-7-8-17-39(36)45-40)26-35(27-41(42)46-43)33-15-9-14-32(24-33)29-12-5-2-6-13-29/h1-27H. The first-order chi connectivity index (χ1) is 22.8. The van der Waals surface area contributed by atoms with Crippen molar-refractivity contribution in [3.63, 3.8) is 0 Å². The highest BCUT2D eigenvalue weighted by Crippen LogP contribution is 2.42. The molecule has 46 heavy (non-hydrogen) atoms. The smallest absolute Gasteiger partial charge is 0.124 e. The SMILES string of the molecule is c1ccc(-c2ccc(-c3nc4c(-c5ccc6sc7ccccc7c6c5)cc(-c5cccc(-c6ccccc6)c5)cc4s3)cc2)cc1. The zero-order valence-electron chi connectivity index (χ0n) is 24.9. The molecule has 0 saturated heterocycles. The van der Waals surface area contributed by atoms with Crippen molar-refractivity contribution in [3.05, 3.63) is 164 Å². The van der Waals surface area contributed by atoms with Gasteiger partial charge in [0.25, 0.3) is 0 Å². The molecule has 0 amide bonds. The first-order valence-corrected chi connectivity index (χ1v) is 17.1. The molecular weight excluding hydrogens is 595 g/mol. The maximum absolute atomic E-state index is 5.31. The third kappa shape index (κ3) is 4.82. The van der Waals surface area contributed by atoms with Crippen molar-refractivity contribution in [1.82, 2.24) is 4.98 Å². The van der Waals surface area contributed by atoms with Gasteiger partial charge in [-0.2, -0.15) is 0 Å². The number of thiophene rings is 1. The van der Waals surface area contributed by atoms with Gasteiger partial charge in [0.2, 0.25) is 0 Å². The predicted octanol–water partition coefficient (Wildman–Crippen LogP) is 13.0. The lowest BCUT2D eigenvalue weighted by molar-refractivity contribution is 1.47. The Morgan fingerprint density at radius 2 is 0.913 bits per heavy atom. The zero-order valence-corrected chi connectivity index (χ0v) is 26.5. The fourth-order valence-corrected chi connectivity index (χ4v) is 8.50. The van der Waals surface area contributed by atoms with Crippen molar-refractivity contribution in [2.45, 2.75) is 0 Å². The van der Waals surface area contributed by atoms with E-state index in [9.17, 15) is 0 Å². The zero-order chi connectivity index (χ0) is 30.5. The average Bonchev–Trinajstić information content (AvgIpc) is 3.74. The Kier molecular flexibility index (Phi) is 6.59. The number of fused-ring (bicyclic) bond motifs is 4. The van der Waals surface area contributed by atoms with Gasteiger partial charge in [0, 0.05) is 31.3 Å². The van der Waals surface area contributed by atoms with Gasteiger partial charge in [-0.25, -0.2) is 4.98 Å². The van der Waals surface area contributed by atoms with Crippen molar-refractivity contribution < 1.29 is 0 Å². The fourth-order valence-electron chi connectivity index (χ4n) is 6.38. The highest BCUT2D eigenvalue weighted by molar-refractivity contribution is 7.25. The largest absolute Gasteiger partial charge is 0.235 e. The quantitative estimate of drug-likeness (QED) is 0.186. The van der Waals surface area contributed by atoms with Gasteiger partial charge in [0.05, 0.1) is 10.2 Å². The Hall–Kier alpha value is -5.35. The average molecular weight is 622 g/mol. The van der Waals surface area contributed by atoms with E-state index in [4.69, 9.17) is 4.98 Å². The molecule has 0 atom stereocenters. The van der Waals surface area contributed by atoms with E-state index in [-0.39, 0.29) is 0 Å². The van der Waals surface area contributed by atoms with E-state index < -0.39 is 0 Å². The van der Waals surface area contributed by atoms with Crippen molar-refractivity contribution in [2.24, 2.45) is 0 Å². The van der Waals surface area contributed by atoms with Gasteiger partial charge in [-0.05, 0) is 75.3 Å². The lowest BCUT2D eigenvalue weighted by Gasteiger charge is -2.10. The minimum atomic E-state index is 1.04. The normalized spacial score (nSPS) is 11.5. The van der Waals surface area contributed by atoms with Crippen LogP contribution in [0.1, 0.15) is 0 Å². The third-order valence-electron chi connectivity index (χ3n) is 8.72. The molecule has 0 bridgehead atoms. The van der Waals surface area contributed by atoms with Crippen LogP contribution >= 0.6 is 22.7 Å². The second-order valence-electron chi connectivity index (χ2n) is 11.6. The number of hydrogen-bond donors (Lipinski definition) is 0. The summed E-state index contributed by atoms with van der Waals surface area (Å²) in [7, 11) is 0. The highest BCUT2D eigenvalue weighted by atomic mass is 32.1. The van der Waals surface area contributed by atoms with Crippen LogP contribution < -0.4 is 0 Å². The molecule has 0 spiro atoms. The van der Waals surface area contributed by atoms with Gasteiger partial charge >= 0.3 is 0 Å². The van der Waals surface area contributed by atoms with Gasteiger partial charge in [-0.3, -0.25) is 0 Å². The molecule has 0 aliphatic carbocycles. The maximum atomic E-state index is 5.31. The molecule has 9 aromatic rings. The summed E-state index contributed by atoms with van der Waals surface area (Å²) in [6.07, 6.45) is 0.